The van der Waals surface area contributed by atoms with Crippen molar-refractivity contribution in [1.29, 1.82) is 0 Å². The third kappa shape index (κ3) is 5.17. The van der Waals surface area contributed by atoms with Crippen LogP contribution in [0.3, 0.4) is 0 Å². The summed E-state index contributed by atoms with van der Waals surface area (Å²) in [5, 5.41) is 12.4. The van der Waals surface area contributed by atoms with E-state index in [1.807, 2.05) is 18.2 Å². The summed E-state index contributed by atoms with van der Waals surface area (Å²) in [6, 6.07) is 14.2. The largest absolute Gasteiger partial charge is 0.497 e. The molecule has 2 aromatic rings. The number of carbonyl (C=O) groups excluding carboxylic acids is 1. The highest BCUT2D eigenvalue weighted by Gasteiger charge is 2.25. The Morgan fingerprint density at radius 2 is 2.07 bits per heavy atom. The average molecular weight is 412 g/mol. The Hall–Kier alpha value is -3.26. The van der Waals surface area contributed by atoms with Crippen molar-refractivity contribution in [3.05, 3.63) is 59.0 Å². The molecule has 1 aliphatic rings. The van der Waals surface area contributed by atoms with E-state index < -0.39 is 12.1 Å². The lowest BCUT2D eigenvalue weighted by atomic mass is 10.1. The second kappa shape index (κ2) is 9.29. The van der Waals surface area contributed by atoms with E-state index >= 15 is 0 Å². The van der Waals surface area contributed by atoms with Crippen LogP contribution in [0, 0.1) is 0 Å². The minimum absolute atomic E-state index is 0.281. The first-order valence-electron chi connectivity index (χ1n) is 8.92. The number of rotatable bonds is 7. The van der Waals surface area contributed by atoms with Crippen molar-refractivity contribution in [3.63, 3.8) is 0 Å². The molecule has 0 aliphatic carbocycles. The SMILES string of the molecule is CCC(Oc1ccccc1/C=C1/SC(=Nc2cccc(OC)c2)NC1=O)C(=O)O. The van der Waals surface area contributed by atoms with Crippen molar-refractivity contribution < 1.29 is 24.2 Å². The van der Waals surface area contributed by atoms with Crippen LogP contribution >= 0.6 is 11.8 Å². The summed E-state index contributed by atoms with van der Waals surface area (Å²) in [5.41, 5.74) is 1.27. The number of carbonyl (C=O) groups is 2. The molecular formula is C21H20N2O5S. The number of amidine groups is 1. The summed E-state index contributed by atoms with van der Waals surface area (Å²) in [5.74, 6) is -0.236. The Bertz CT molecular complexity index is 987. The van der Waals surface area contributed by atoms with Crippen molar-refractivity contribution in [3.8, 4) is 11.5 Å². The van der Waals surface area contributed by atoms with E-state index in [1.165, 1.54) is 11.8 Å². The number of ether oxygens (including phenoxy) is 2. The normalized spacial score (nSPS) is 17.2. The van der Waals surface area contributed by atoms with E-state index in [4.69, 9.17) is 9.47 Å². The summed E-state index contributed by atoms with van der Waals surface area (Å²) in [6.45, 7) is 1.74. The van der Waals surface area contributed by atoms with Gasteiger partial charge in [0.15, 0.2) is 11.3 Å². The summed E-state index contributed by atoms with van der Waals surface area (Å²) in [7, 11) is 1.58. The Kier molecular flexibility index (Phi) is 6.56. The monoisotopic (exact) mass is 412 g/mol. The molecule has 8 heteroatoms. The molecule has 2 aromatic carbocycles. The van der Waals surface area contributed by atoms with Crippen LogP contribution in [0.2, 0.25) is 0 Å². The Morgan fingerprint density at radius 3 is 2.79 bits per heavy atom. The van der Waals surface area contributed by atoms with E-state index in [-0.39, 0.29) is 5.91 Å². The molecule has 0 radical (unpaired) electrons. The van der Waals surface area contributed by atoms with Crippen LogP contribution in [0.15, 0.2) is 58.4 Å². The van der Waals surface area contributed by atoms with Gasteiger partial charge in [-0.15, -0.1) is 0 Å². The Balaban J connectivity index is 1.83. The van der Waals surface area contributed by atoms with E-state index in [1.54, 1.807) is 50.4 Å². The maximum atomic E-state index is 12.4. The lowest BCUT2D eigenvalue weighted by Gasteiger charge is -2.15. The number of carboxylic acid groups (broad SMARTS) is 1. The first kappa shape index (κ1) is 20.5. The van der Waals surface area contributed by atoms with Gasteiger partial charge in [0.05, 0.1) is 17.7 Å². The molecule has 1 heterocycles. The minimum Gasteiger partial charge on any atom is -0.497 e. The van der Waals surface area contributed by atoms with Gasteiger partial charge in [-0.3, -0.25) is 4.79 Å². The molecular weight excluding hydrogens is 392 g/mol. The quantitative estimate of drug-likeness (QED) is 0.671. The fourth-order valence-electron chi connectivity index (χ4n) is 2.59. The number of methoxy groups -OCH3 is 1. The molecule has 1 amide bonds. The average Bonchev–Trinajstić information content (AvgIpc) is 3.05. The summed E-state index contributed by atoms with van der Waals surface area (Å²) < 4.78 is 10.8. The molecule has 150 valence electrons. The molecule has 1 unspecified atom stereocenters. The second-order valence-electron chi connectivity index (χ2n) is 6.07. The fourth-order valence-corrected chi connectivity index (χ4v) is 3.42. The van der Waals surface area contributed by atoms with Gasteiger partial charge < -0.3 is 19.9 Å². The highest BCUT2D eigenvalue weighted by molar-refractivity contribution is 8.18. The molecule has 0 aromatic heterocycles. The lowest BCUT2D eigenvalue weighted by Crippen LogP contribution is -2.26. The van der Waals surface area contributed by atoms with Crippen LogP contribution in [0.25, 0.3) is 6.08 Å². The number of carboxylic acids is 1. The van der Waals surface area contributed by atoms with E-state index in [0.717, 1.165) is 0 Å². The molecule has 0 spiro atoms. The molecule has 1 saturated heterocycles. The first-order valence-corrected chi connectivity index (χ1v) is 9.74. The molecule has 2 N–H and O–H groups in total. The molecule has 0 saturated carbocycles. The third-order valence-electron chi connectivity index (χ3n) is 4.06. The number of para-hydroxylation sites is 1. The number of hydrogen-bond acceptors (Lipinski definition) is 6. The minimum atomic E-state index is -1.03. The summed E-state index contributed by atoms with van der Waals surface area (Å²) in [4.78, 5) is 28.5. The van der Waals surface area contributed by atoms with Crippen molar-refractivity contribution in [2.45, 2.75) is 19.4 Å². The maximum Gasteiger partial charge on any atom is 0.344 e. The highest BCUT2D eigenvalue weighted by Crippen LogP contribution is 2.31. The second-order valence-corrected chi connectivity index (χ2v) is 7.10. The van der Waals surface area contributed by atoms with Crippen LogP contribution < -0.4 is 14.8 Å². The van der Waals surface area contributed by atoms with Crippen LogP contribution in [0.1, 0.15) is 18.9 Å². The predicted molar refractivity (Wildman–Crippen MR) is 113 cm³/mol. The van der Waals surface area contributed by atoms with E-state index in [0.29, 0.717) is 39.2 Å². The van der Waals surface area contributed by atoms with Crippen molar-refractivity contribution >= 4 is 40.6 Å². The van der Waals surface area contributed by atoms with Crippen molar-refractivity contribution in [2.24, 2.45) is 4.99 Å². The maximum absolute atomic E-state index is 12.4. The number of nitrogens with one attached hydrogen (secondary N) is 1. The molecule has 1 fully saturated rings. The number of amides is 1. The zero-order chi connectivity index (χ0) is 20.8. The first-order chi connectivity index (χ1) is 14.0. The molecule has 1 aliphatic heterocycles. The van der Waals surface area contributed by atoms with Gasteiger partial charge in [-0.25, -0.2) is 9.79 Å². The smallest absolute Gasteiger partial charge is 0.344 e. The van der Waals surface area contributed by atoms with Gasteiger partial charge in [0, 0.05) is 11.6 Å². The van der Waals surface area contributed by atoms with Crippen molar-refractivity contribution in [1.82, 2.24) is 5.32 Å². The Labute approximate surface area is 172 Å². The van der Waals surface area contributed by atoms with Gasteiger partial charge in [0.25, 0.3) is 5.91 Å². The van der Waals surface area contributed by atoms with Crippen LogP contribution in [-0.2, 0) is 9.59 Å². The number of aliphatic imine (C=N–C) groups is 1. The zero-order valence-electron chi connectivity index (χ0n) is 15.9. The van der Waals surface area contributed by atoms with Crippen LogP contribution in [0.5, 0.6) is 11.5 Å². The molecule has 1 atom stereocenters. The zero-order valence-corrected chi connectivity index (χ0v) is 16.7. The summed E-state index contributed by atoms with van der Waals surface area (Å²) in [6.07, 6.45) is 1.04. The fraction of sp³-hybridized carbons (Fsp3) is 0.190. The Morgan fingerprint density at radius 1 is 1.28 bits per heavy atom. The topological polar surface area (TPSA) is 97.2 Å². The van der Waals surface area contributed by atoms with Gasteiger partial charge >= 0.3 is 5.97 Å². The number of thioether (sulfide) groups is 1. The number of benzene rings is 2. The van der Waals surface area contributed by atoms with Gasteiger partial charge in [0.2, 0.25) is 0 Å². The molecule has 3 rings (SSSR count). The number of hydrogen-bond donors (Lipinski definition) is 2. The number of aliphatic carboxylic acids is 1. The predicted octanol–water partition coefficient (Wildman–Crippen LogP) is 3.83. The van der Waals surface area contributed by atoms with Gasteiger partial charge in [-0.2, -0.15) is 0 Å². The molecule has 29 heavy (non-hydrogen) atoms. The van der Waals surface area contributed by atoms with Crippen molar-refractivity contribution in [2.75, 3.05) is 7.11 Å². The van der Waals surface area contributed by atoms with Crippen LogP contribution in [-0.4, -0.2) is 35.4 Å². The van der Waals surface area contributed by atoms with E-state index in [2.05, 4.69) is 10.3 Å². The third-order valence-corrected chi connectivity index (χ3v) is 4.97. The standard InChI is InChI=1S/C21H20N2O5S/c1-3-16(20(25)26)28-17-10-5-4-7-13(17)11-18-19(24)23-21(29-18)22-14-8-6-9-15(12-14)27-2/h4-12,16H,3H2,1-2H3,(H,25,26)(H,22,23,24)/b18-11+. The molecule has 7 nitrogen and oxygen atoms in total. The highest BCUT2D eigenvalue weighted by atomic mass is 32.2. The van der Waals surface area contributed by atoms with Crippen LogP contribution in [0.4, 0.5) is 5.69 Å². The van der Waals surface area contributed by atoms with Gasteiger partial charge in [-0.1, -0.05) is 31.2 Å². The lowest BCUT2D eigenvalue weighted by molar-refractivity contribution is -0.145. The summed E-state index contributed by atoms with van der Waals surface area (Å²) >= 11 is 1.20. The number of nitrogens with zero attached hydrogens (tertiary/aromatic N) is 1. The van der Waals surface area contributed by atoms with Gasteiger partial charge in [0.1, 0.15) is 11.5 Å². The van der Waals surface area contributed by atoms with E-state index in [9.17, 15) is 14.7 Å². The molecule has 0 bridgehead atoms. The van der Waals surface area contributed by atoms with Gasteiger partial charge in [-0.05, 0) is 42.5 Å².